The number of hydrogen-bond donors (Lipinski definition) is 1. The third-order valence-corrected chi connectivity index (χ3v) is 4.71. The van der Waals surface area contributed by atoms with Crippen LogP contribution in [0.25, 0.3) is 0 Å². The summed E-state index contributed by atoms with van der Waals surface area (Å²) in [6.45, 7) is 21.1. The van der Waals surface area contributed by atoms with E-state index in [0.717, 1.165) is 40.9 Å². The number of allylic oxidation sites excluding steroid dienone is 5. The Morgan fingerprint density at radius 2 is 1.69 bits per heavy atom. The lowest BCUT2D eigenvalue weighted by atomic mass is 9.87. The molecule has 0 amide bonds. The van der Waals surface area contributed by atoms with Crippen LogP contribution in [0.15, 0.2) is 71.5 Å². The molecule has 0 unspecified atom stereocenters. The van der Waals surface area contributed by atoms with Crippen LogP contribution in [0.3, 0.4) is 0 Å². The van der Waals surface area contributed by atoms with Crippen LogP contribution in [0.2, 0.25) is 0 Å². The van der Waals surface area contributed by atoms with Gasteiger partial charge in [-0.3, -0.25) is 0 Å². The van der Waals surface area contributed by atoms with Gasteiger partial charge in [0.15, 0.2) is 0 Å². The molecule has 1 heteroatoms. The molecule has 0 aliphatic carbocycles. The summed E-state index contributed by atoms with van der Waals surface area (Å²) in [7, 11) is 0. The zero-order valence-electron chi connectivity index (χ0n) is 17.3. The van der Waals surface area contributed by atoms with Crippen molar-refractivity contribution < 1.29 is 0 Å². The van der Waals surface area contributed by atoms with Crippen molar-refractivity contribution in [1.82, 2.24) is 0 Å². The Kier molecular flexibility index (Phi) is 7.72. The minimum Gasteiger partial charge on any atom is -0.355 e. The first-order valence-corrected chi connectivity index (χ1v) is 9.28. The molecule has 0 saturated carbocycles. The molecule has 0 fully saturated rings. The SMILES string of the molecule is C#C/C(C(=C)Nc1ccc(C(C)(C)C)cc1)=C(/C)C(C=C)=C(CC)CC. The molecule has 1 aromatic carbocycles. The zero-order valence-corrected chi connectivity index (χ0v) is 17.3. The van der Waals surface area contributed by atoms with E-state index in [0.29, 0.717) is 0 Å². The molecule has 0 spiro atoms. The molecule has 0 aromatic heterocycles. The van der Waals surface area contributed by atoms with E-state index in [4.69, 9.17) is 6.42 Å². The topological polar surface area (TPSA) is 12.0 Å². The Morgan fingerprint density at radius 3 is 2.08 bits per heavy atom. The van der Waals surface area contributed by atoms with Gasteiger partial charge < -0.3 is 5.32 Å². The van der Waals surface area contributed by atoms with Gasteiger partial charge in [-0.15, -0.1) is 6.42 Å². The van der Waals surface area contributed by atoms with Crippen molar-refractivity contribution in [1.29, 1.82) is 0 Å². The number of anilines is 1. The maximum Gasteiger partial charge on any atom is 0.0506 e. The molecule has 26 heavy (non-hydrogen) atoms. The largest absolute Gasteiger partial charge is 0.355 e. The summed E-state index contributed by atoms with van der Waals surface area (Å²) in [5.74, 6) is 2.81. The average molecular weight is 348 g/mol. The average Bonchev–Trinajstić information content (AvgIpc) is 2.59. The van der Waals surface area contributed by atoms with E-state index >= 15 is 0 Å². The van der Waals surface area contributed by atoms with Crippen LogP contribution in [0.1, 0.15) is 59.9 Å². The Morgan fingerprint density at radius 1 is 1.15 bits per heavy atom. The van der Waals surface area contributed by atoms with E-state index in [1.54, 1.807) is 0 Å². The van der Waals surface area contributed by atoms with Crippen molar-refractivity contribution in [3.8, 4) is 12.3 Å². The second-order valence-electron chi connectivity index (χ2n) is 7.50. The van der Waals surface area contributed by atoms with Crippen molar-refractivity contribution >= 4 is 5.69 Å². The summed E-state index contributed by atoms with van der Waals surface area (Å²) in [6.07, 6.45) is 9.70. The standard InChI is InChI=1S/C25H33N/c1-10-20(11-2)24(13-4)18(5)23(12-3)19(6)26-22-16-14-21(15-17-22)25(7,8)9/h3,13-17,26H,4,6,10-11H2,1-2,5,7-9H3/b23-18+. The first-order valence-electron chi connectivity index (χ1n) is 9.28. The molecule has 1 N–H and O–H groups in total. The van der Waals surface area contributed by atoms with Gasteiger partial charge in [0.2, 0.25) is 0 Å². The van der Waals surface area contributed by atoms with Crippen LogP contribution >= 0.6 is 0 Å². The minimum atomic E-state index is 0.135. The molecule has 0 aliphatic rings. The van der Waals surface area contributed by atoms with Gasteiger partial charge in [-0.2, -0.15) is 0 Å². The van der Waals surface area contributed by atoms with Gasteiger partial charge in [0.05, 0.1) is 5.57 Å². The van der Waals surface area contributed by atoms with E-state index in [1.165, 1.54) is 11.1 Å². The van der Waals surface area contributed by atoms with E-state index in [-0.39, 0.29) is 5.41 Å². The first kappa shape index (κ1) is 21.6. The minimum absolute atomic E-state index is 0.135. The second-order valence-corrected chi connectivity index (χ2v) is 7.50. The molecule has 138 valence electrons. The summed E-state index contributed by atoms with van der Waals surface area (Å²) < 4.78 is 0. The quantitative estimate of drug-likeness (QED) is 0.407. The zero-order chi connectivity index (χ0) is 19.9. The lowest BCUT2D eigenvalue weighted by Crippen LogP contribution is -2.11. The Balaban J connectivity index is 3.18. The van der Waals surface area contributed by atoms with Gasteiger partial charge in [0.1, 0.15) is 0 Å². The van der Waals surface area contributed by atoms with Gasteiger partial charge in [0.25, 0.3) is 0 Å². The number of terminal acetylenes is 1. The molecule has 1 rings (SSSR count). The molecule has 0 atom stereocenters. The van der Waals surface area contributed by atoms with Crippen molar-refractivity contribution in [3.63, 3.8) is 0 Å². The molecule has 1 aromatic rings. The summed E-state index contributed by atoms with van der Waals surface area (Å²) in [5.41, 5.74) is 7.48. The molecule has 0 aliphatic heterocycles. The summed E-state index contributed by atoms with van der Waals surface area (Å²) >= 11 is 0. The number of hydrogen-bond acceptors (Lipinski definition) is 1. The van der Waals surface area contributed by atoms with Gasteiger partial charge >= 0.3 is 0 Å². The summed E-state index contributed by atoms with van der Waals surface area (Å²) in [4.78, 5) is 0. The summed E-state index contributed by atoms with van der Waals surface area (Å²) in [6, 6.07) is 8.43. The Hall–Kier alpha value is -2.46. The molecule has 0 heterocycles. The van der Waals surface area contributed by atoms with Crippen molar-refractivity contribution in [2.45, 2.75) is 59.8 Å². The molecule has 1 nitrogen and oxygen atoms in total. The van der Waals surface area contributed by atoms with Gasteiger partial charge in [-0.25, -0.2) is 0 Å². The summed E-state index contributed by atoms with van der Waals surface area (Å²) in [5, 5.41) is 3.35. The van der Waals surface area contributed by atoms with Crippen LogP contribution in [-0.2, 0) is 5.41 Å². The Bertz CT molecular complexity index is 750. The van der Waals surface area contributed by atoms with E-state index in [2.05, 4.69) is 83.3 Å². The van der Waals surface area contributed by atoms with Gasteiger partial charge in [-0.1, -0.05) is 77.5 Å². The van der Waals surface area contributed by atoms with Gasteiger partial charge in [0, 0.05) is 11.4 Å². The number of benzene rings is 1. The third-order valence-electron chi connectivity index (χ3n) is 4.71. The number of rotatable bonds is 7. The van der Waals surface area contributed by atoms with Crippen LogP contribution in [0.4, 0.5) is 5.69 Å². The normalized spacial score (nSPS) is 11.9. The van der Waals surface area contributed by atoms with Crippen LogP contribution in [0.5, 0.6) is 0 Å². The van der Waals surface area contributed by atoms with Crippen LogP contribution in [0, 0.1) is 12.3 Å². The fourth-order valence-electron chi connectivity index (χ4n) is 3.04. The number of nitrogens with one attached hydrogen (secondary N) is 1. The highest BCUT2D eigenvalue weighted by atomic mass is 14.9. The van der Waals surface area contributed by atoms with Crippen molar-refractivity contribution in [2.24, 2.45) is 0 Å². The van der Waals surface area contributed by atoms with Crippen molar-refractivity contribution in [3.05, 3.63) is 77.1 Å². The molecule has 0 radical (unpaired) electrons. The second kappa shape index (κ2) is 9.30. The fourth-order valence-corrected chi connectivity index (χ4v) is 3.04. The monoisotopic (exact) mass is 347 g/mol. The highest BCUT2D eigenvalue weighted by Gasteiger charge is 2.14. The molecule has 0 saturated heterocycles. The van der Waals surface area contributed by atoms with Gasteiger partial charge in [-0.05, 0) is 54.0 Å². The maximum atomic E-state index is 5.82. The lowest BCUT2D eigenvalue weighted by Gasteiger charge is -2.20. The van der Waals surface area contributed by atoms with Crippen LogP contribution in [-0.4, -0.2) is 0 Å². The highest BCUT2D eigenvalue weighted by molar-refractivity contribution is 5.62. The predicted octanol–water partition coefficient (Wildman–Crippen LogP) is 7.16. The van der Waals surface area contributed by atoms with Crippen LogP contribution < -0.4 is 5.32 Å². The van der Waals surface area contributed by atoms with E-state index in [9.17, 15) is 0 Å². The fraction of sp³-hybridized carbons (Fsp3) is 0.360. The predicted molar refractivity (Wildman–Crippen MR) is 117 cm³/mol. The third kappa shape index (κ3) is 5.27. The highest BCUT2D eigenvalue weighted by Crippen LogP contribution is 2.28. The van der Waals surface area contributed by atoms with E-state index in [1.807, 2.05) is 13.0 Å². The molecular formula is C25H33N. The first-order chi connectivity index (χ1) is 12.2. The Labute approximate surface area is 160 Å². The molecular weight excluding hydrogens is 314 g/mol. The maximum absolute atomic E-state index is 5.82. The molecule has 0 bridgehead atoms. The lowest BCUT2D eigenvalue weighted by molar-refractivity contribution is 0.590. The van der Waals surface area contributed by atoms with Crippen molar-refractivity contribution in [2.75, 3.05) is 5.32 Å². The smallest absolute Gasteiger partial charge is 0.0506 e. The van der Waals surface area contributed by atoms with E-state index < -0.39 is 0 Å².